The zero-order valence-corrected chi connectivity index (χ0v) is 13.4. The van der Waals surface area contributed by atoms with Crippen molar-refractivity contribution >= 4 is 40.0 Å². The minimum Gasteiger partial charge on any atom is -0.478 e. The van der Waals surface area contributed by atoms with Crippen molar-refractivity contribution in [1.82, 2.24) is 4.98 Å². The number of fused-ring (bicyclic) bond motifs is 1. The number of benzene rings is 1. The maximum absolute atomic E-state index is 12.4. The number of carboxylic acids is 1. The third-order valence-electron chi connectivity index (χ3n) is 3.52. The molecule has 0 radical (unpaired) electrons. The number of para-hydroxylation sites is 2. The van der Waals surface area contributed by atoms with Crippen molar-refractivity contribution in [3.8, 4) is 10.4 Å². The first-order chi connectivity index (χ1) is 12.1. The summed E-state index contributed by atoms with van der Waals surface area (Å²) in [6.45, 7) is 0. The number of aromatic nitrogens is 1. The summed E-state index contributed by atoms with van der Waals surface area (Å²) in [6, 6.07) is 8.63. The topological polar surface area (TPSA) is 106 Å². The number of oxazole rings is 1. The molecule has 0 aliphatic carbocycles. The first kappa shape index (κ1) is 15.2. The van der Waals surface area contributed by atoms with Gasteiger partial charge in [-0.2, -0.15) is 0 Å². The Labute approximate surface area is 144 Å². The number of thiophene rings is 1. The summed E-state index contributed by atoms with van der Waals surface area (Å²) in [4.78, 5) is 28.6. The minimum absolute atomic E-state index is 0.00383. The number of carbonyl (C=O) groups excluding carboxylic acids is 1. The predicted octanol–water partition coefficient (Wildman–Crippen LogP) is 4.10. The molecule has 1 aromatic carbocycles. The Morgan fingerprint density at radius 1 is 1.20 bits per heavy atom. The van der Waals surface area contributed by atoms with Crippen LogP contribution in [0, 0.1) is 0 Å². The lowest BCUT2D eigenvalue weighted by Crippen LogP contribution is -2.14. The third kappa shape index (κ3) is 2.68. The van der Waals surface area contributed by atoms with E-state index >= 15 is 0 Å². The molecule has 0 bridgehead atoms. The maximum atomic E-state index is 12.4. The SMILES string of the molecule is O=C(Nc1csc(-c2ccoc2)c1C(=O)O)c1nc2ccccc2o1. The fourth-order valence-corrected chi connectivity index (χ4v) is 3.39. The number of carbonyl (C=O) groups is 2. The van der Waals surface area contributed by atoms with Crippen molar-refractivity contribution in [1.29, 1.82) is 0 Å². The second-order valence-corrected chi connectivity index (χ2v) is 5.99. The average molecular weight is 354 g/mol. The van der Waals surface area contributed by atoms with E-state index in [0.717, 1.165) is 0 Å². The summed E-state index contributed by atoms with van der Waals surface area (Å²) in [5, 5.41) is 13.6. The van der Waals surface area contributed by atoms with Gasteiger partial charge in [-0.1, -0.05) is 12.1 Å². The fourth-order valence-electron chi connectivity index (χ4n) is 2.41. The quantitative estimate of drug-likeness (QED) is 0.571. The second kappa shape index (κ2) is 5.91. The molecule has 1 amide bonds. The van der Waals surface area contributed by atoms with Gasteiger partial charge in [0.1, 0.15) is 11.1 Å². The van der Waals surface area contributed by atoms with E-state index in [0.29, 0.717) is 21.5 Å². The van der Waals surface area contributed by atoms with Crippen LogP contribution in [0.5, 0.6) is 0 Å². The highest BCUT2D eigenvalue weighted by Gasteiger charge is 2.23. The maximum Gasteiger partial charge on any atom is 0.339 e. The second-order valence-electron chi connectivity index (χ2n) is 5.11. The third-order valence-corrected chi connectivity index (χ3v) is 4.55. The molecular formula is C17H10N2O5S. The Bertz CT molecular complexity index is 1040. The van der Waals surface area contributed by atoms with Crippen LogP contribution in [0.4, 0.5) is 5.69 Å². The predicted molar refractivity (Wildman–Crippen MR) is 90.9 cm³/mol. The van der Waals surface area contributed by atoms with Crippen molar-refractivity contribution in [2.45, 2.75) is 0 Å². The van der Waals surface area contributed by atoms with E-state index in [1.807, 2.05) is 0 Å². The Kier molecular flexibility index (Phi) is 3.58. The zero-order valence-electron chi connectivity index (χ0n) is 12.6. The lowest BCUT2D eigenvalue weighted by atomic mass is 10.1. The van der Waals surface area contributed by atoms with Gasteiger partial charge in [-0.25, -0.2) is 9.78 Å². The van der Waals surface area contributed by atoms with Gasteiger partial charge in [0.2, 0.25) is 0 Å². The molecule has 8 heteroatoms. The highest BCUT2D eigenvalue weighted by Crippen LogP contribution is 2.36. The molecule has 3 heterocycles. The number of carboxylic acid groups (broad SMARTS) is 1. The number of hydrogen-bond acceptors (Lipinski definition) is 6. The van der Waals surface area contributed by atoms with Crippen LogP contribution in [0.15, 0.2) is 57.1 Å². The van der Waals surface area contributed by atoms with Crippen LogP contribution in [0.2, 0.25) is 0 Å². The number of furan rings is 1. The summed E-state index contributed by atoms with van der Waals surface area (Å²) in [6.07, 6.45) is 2.90. The molecule has 124 valence electrons. The summed E-state index contributed by atoms with van der Waals surface area (Å²) in [7, 11) is 0. The zero-order chi connectivity index (χ0) is 17.4. The monoisotopic (exact) mass is 354 g/mol. The molecule has 4 rings (SSSR count). The number of aromatic carboxylic acids is 1. The Morgan fingerprint density at radius 3 is 2.76 bits per heavy atom. The van der Waals surface area contributed by atoms with Gasteiger partial charge in [-0.05, 0) is 18.2 Å². The molecule has 3 aromatic heterocycles. The molecule has 0 saturated heterocycles. The van der Waals surface area contributed by atoms with Gasteiger partial charge in [0.05, 0.1) is 23.1 Å². The van der Waals surface area contributed by atoms with Crippen molar-refractivity contribution in [2.75, 3.05) is 5.32 Å². The molecular weight excluding hydrogens is 344 g/mol. The van der Waals surface area contributed by atoms with E-state index in [2.05, 4.69) is 10.3 Å². The highest BCUT2D eigenvalue weighted by atomic mass is 32.1. The largest absolute Gasteiger partial charge is 0.478 e. The molecule has 25 heavy (non-hydrogen) atoms. The van der Waals surface area contributed by atoms with Gasteiger partial charge in [-0.15, -0.1) is 11.3 Å². The van der Waals surface area contributed by atoms with Crippen LogP contribution >= 0.6 is 11.3 Å². The summed E-state index contributed by atoms with van der Waals surface area (Å²) in [5.74, 6) is -1.89. The van der Waals surface area contributed by atoms with Crippen molar-refractivity contribution in [3.05, 3.63) is 59.7 Å². The normalized spacial score (nSPS) is 10.9. The van der Waals surface area contributed by atoms with Crippen LogP contribution in [-0.2, 0) is 0 Å². The number of anilines is 1. The first-order valence-electron chi connectivity index (χ1n) is 7.18. The summed E-state index contributed by atoms with van der Waals surface area (Å²) in [5.41, 5.74) is 1.84. The molecule has 4 aromatic rings. The molecule has 0 aliphatic heterocycles. The van der Waals surface area contributed by atoms with Gasteiger partial charge in [-0.3, -0.25) is 4.79 Å². The van der Waals surface area contributed by atoms with E-state index < -0.39 is 11.9 Å². The number of hydrogen-bond donors (Lipinski definition) is 2. The molecule has 7 nitrogen and oxygen atoms in total. The first-order valence-corrected chi connectivity index (χ1v) is 8.05. The van der Waals surface area contributed by atoms with E-state index in [1.165, 1.54) is 23.9 Å². The number of rotatable bonds is 4. The lowest BCUT2D eigenvalue weighted by Gasteiger charge is -2.03. The van der Waals surface area contributed by atoms with Crippen LogP contribution in [0.3, 0.4) is 0 Å². The van der Waals surface area contributed by atoms with Gasteiger partial charge in [0, 0.05) is 10.9 Å². The fraction of sp³-hybridized carbons (Fsp3) is 0. The van der Waals surface area contributed by atoms with E-state index in [1.54, 1.807) is 35.7 Å². The Hall–Kier alpha value is -3.39. The highest BCUT2D eigenvalue weighted by molar-refractivity contribution is 7.14. The van der Waals surface area contributed by atoms with E-state index in [-0.39, 0.29) is 17.1 Å². The van der Waals surface area contributed by atoms with Crippen LogP contribution in [-0.4, -0.2) is 22.0 Å². The van der Waals surface area contributed by atoms with Gasteiger partial charge in [0.25, 0.3) is 5.89 Å². The minimum atomic E-state index is -1.15. The smallest absolute Gasteiger partial charge is 0.339 e. The van der Waals surface area contributed by atoms with Crippen molar-refractivity contribution in [2.24, 2.45) is 0 Å². The van der Waals surface area contributed by atoms with Crippen LogP contribution < -0.4 is 5.32 Å². The van der Waals surface area contributed by atoms with Gasteiger partial charge in [0.15, 0.2) is 5.58 Å². The standard InChI is InChI=1S/C17H10N2O5S/c20-15(16-19-10-3-1-2-4-12(10)24-16)18-11-8-25-14(13(11)17(21)22)9-5-6-23-7-9/h1-8H,(H,18,20)(H,21,22). The number of amides is 1. The Morgan fingerprint density at radius 2 is 2.04 bits per heavy atom. The van der Waals surface area contributed by atoms with E-state index in [4.69, 9.17) is 8.83 Å². The molecule has 0 aliphatic rings. The van der Waals surface area contributed by atoms with Gasteiger partial charge >= 0.3 is 11.9 Å². The van der Waals surface area contributed by atoms with Crippen molar-refractivity contribution in [3.63, 3.8) is 0 Å². The summed E-state index contributed by atoms with van der Waals surface area (Å²) >= 11 is 1.20. The van der Waals surface area contributed by atoms with Crippen LogP contribution in [0.25, 0.3) is 21.5 Å². The molecule has 0 atom stereocenters. The molecule has 0 saturated carbocycles. The molecule has 0 unspecified atom stereocenters. The van der Waals surface area contributed by atoms with Gasteiger partial charge < -0.3 is 19.3 Å². The number of nitrogens with one attached hydrogen (secondary N) is 1. The molecule has 0 spiro atoms. The van der Waals surface area contributed by atoms with Crippen molar-refractivity contribution < 1.29 is 23.5 Å². The van der Waals surface area contributed by atoms with Crippen LogP contribution in [0.1, 0.15) is 21.0 Å². The lowest BCUT2D eigenvalue weighted by molar-refractivity contribution is 0.0699. The molecule has 0 fully saturated rings. The summed E-state index contributed by atoms with van der Waals surface area (Å²) < 4.78 is 10.4. The van der Waals surface area contributed by atoms with E-state index in [9.17, 15) is 14.7 Å². The number of nitrogens with zero attached hydrogens (tertiary/aromatic N) is 1. The molecule has 2 N–H and O–H groups in total. The Balaban J connectivity index is 1.68. The average Bonchev–Trinajstić information content (AvgIpc) is 3.32.